The molecule has 1 aliphatic carbocycles. The Morgan fingerprint density at radius 3 is 2.26 bits per heavy atom. The summed E-state index contributed by atoms with van der Waals surface area (Å²) < 4.78 is 26.7. The van der Waals surface area contributed by atoms with Gasteiger partial charge in [0.05, 0.1) is 12.1 Å². The van der Waals surface area contributed by atoms with Crippen LogP contribution in [0.15, 0.2) is 0 Å². The molecule has 6 heteroatoms. The molecule has 0 aliphatic heterocycles. The van der Waals surface area contributed by atoms with E-state index >= 15 is 0 Å². The van der Waals surface area contributed by atoms with Crippen molar-refractivity contribution in [1.82, 2.24) is 4.72 Å². The van der Waals surface area contributed by atoms with E-state index in [0.29, 0.717) is 18.8 Å². The van der Waals surface area contributed by atoms with E-state index in [4.69, 9.17) is 5.26 Å². The number of nitrogens with zero attached hydrogens (tertiary/aromatic N) is 2. The van der Waals surface area contributed by atoms with Gasteiger partial charge in [0.25, 0.3) is 0 Å². The van der Waals surface area contributed by atoms with Gasteiger partial charge in [-0.15, -0.1) is 0 Å². The summed E-state index contributed by atoms with van der Waals surface area (Å²) in [6.45, 7) is 3.76. The van der Waals surface area contributed by atoms with Crippen LogP contribution in [-0.2, 0) is 10.0 Å². The van der Waals surface area contributed by atoms with Crippen molar-refractivity contribution in [3.05, 3.63) is 0 Å². The Morgan fingerprint density at radius 2 is 1.89 bits per heavy atom. The zero-order valence-corrected chi connectivity index (χ0v) is 12.3. The molecule has 0 aromatic rings. The molecule has 1 N–H and O–H groups in total. The molecule has 0 saturated heterocycles. The van der Waals surface area contributed by atoms with Gasteiger partial charge in [0, 0.05) is 0 Å². The minimum absolute atomic E-state index is 0.227. The van der Waals surface area contributed by atoms with Crippen LogP contribution in [0.1, 0.15) is 52.4 Å². The Bertz CT molecular complexity index is 479. The van der Waals surface area contributed by atoms with Crippen molar-refractivity contribution in [3.63, 3.8) is 0 Å². The lowest BCUT2D eigenvalue weighted by Gasteiger charge is -2.35. The van der Waals surface area contributed by atoms with Gasteiger partial charge in [0.15, 0.2) is 5.25 Å². The summed E-state index contributed by atoms with van der Waals surface area (Å²) in [5, 5.41) is 17.1. The summed E-state index contributed by atoms with van der Waals surface area (Å²) in [7, 11) is -3.75. The average Bonchev–Trinajstić information content (AvgIpc) is 2.40. The zero-order chi connectivity index (χ0) is 14.5. The second-order valence-corrected chi connectivity index (χ2v) is 7.08. The quantitative estimate of drug-likeness (QED) is 0.835. The maximum Gasteiger partial charge on any atom is 0.229 e. The topological polar surface area (TPSA) is 93.8 Å². The van der Waals surface area contributed by atoms with Crippen LogP contribution in [0.2, 0.25) is 0 Å². The molecule has 5 nitrogen and oxygen atoms in total. The predicted octanol–water partition coefficient (Wildman–Crippen LogP) is 2.07. The Kier molecular flexibility index (Phi) is 5.34. The summed E-state index contributed by atoms with van der Waals surface area (Å²) in [5.74, 6) is 0.573. The van der Waals surface area contributed by atoms with E-state index in [2.05, 4.69) is 17.7 Å². The van der Waals surface area contributed by atoms with E-state index in [1.54, 1.807) is 13.0 Å². The van der Waals surface area contributed by atoms with E-state index in [1.807, 2.05) is 0 Å². The van der Waals surface area contributed by atoms with Crippen LogP contribution in [0, 0.1) is 28.6 Å². The summed E-state index contributed by atoms with van der Waals surface area (Å²) >= 11 is 0. The summed E-state index contributed by atoms with van der Waals surface area (Å²) in [4.78, 5) is 0. The largest absolute Gasteiger partial charge is 0.229 e. The standard InChI is InChI=1S/C13H21N3O2S/c1-3-11-5-7-13(10-15,8-6-11)16-19(17,18)12(4-2)9-14/h11-12,16H,3-8H2,1-2H3. The highest BCUT2D eigenvalue weighted by Crippen LogP contribution is 2.34. The first-order valence-electron chi connectivity index (χ1n) is 6.76. The van der Waals surface area contributed by atoms with Gasteiger partial charge in [-0.25, -0.2) is 8.42 Å². The molecule has 1 fully saturated rings. The molecule has 1 unspecified atom stereocenters. The molecule has 0 amide bonds. The van der Waals surface area contributed by atoms with Gasteiger partial charge in [-0.05, 0) is 38.0 Å². The Labute approximate surface area is 115 Å². The monoisotopic (exact) mass is 283 g/mol. The first kappa shape index (κ1) is 15.9. The first-order valence-corrected chi connectivity index (χ1v) is 8.31. The highest BCUT2D eigenvalue weighted by Gasteiger charge is 2.40. The van der Waals surface area contributed by atoms with Crippen molar-refractivity contribution in [1.29, 1.82) is 10.5 Å². The maximum absolute atomic E-state index is 12.1. The van der Waals surface area contributed by atoms with Crippen molar-refractivity contribution in [2.75, 3.05) is 0 Å². The summed E-state index contributed by atoms with van der Waals surface area (Å²) in [6, 6.07) is 3.90. The lowest BCUT2D eigenvalue weighted by atomic mass is 9.77. The van der Waals surface area contributed by atoms with E-state index in [-0.39, 0.29) is 6.42 Å². The molecule has 1 atom stereocenters. The molecule has 1 saturated carbocycles. The van der Waals surface area contributed by atoms with Gasteiger partial charge >= 0.3 is 0 Å². The third-order valence-corrected chi connectivity index (χ3v) is 5.84. The lowest BCUT2D eigenvalue weighted by molar-refractivity contribution is 0.259. The van der Waals surface area contributed by atoms with Gasteiger partial charge in [0.2, 0.25) is 10.0 Å². The van der Waals surface area contributed by atoms with E-state index in [0.717, 1.165) is 19.3 Å². The van der Waals surface area contributed by atoms with Crippen LogP contribution in [-0.4, -0.2) is 19.2 Å². The van der Waals surface area contributed by atoms with E-state index in [1.165, 1.54) is 0 Å². The first-order chi connectivity index (χ1) is 8.93. The van der Waals surface area contributed by atoms with Crippen LogP contribution in [0.25, 0.3) is 0 Å². The van der Waals surface area contributed by atoms with Crippen LogP contribution in [0.5, 0.6) is 0 Å². The second-order valence-electron chi connectivity index (χ2n) is 5.22. The highest BCUT2D eigenvalue weighted by molar-refractivity contribution is 7.90. The molecule has 0 radical (unpaired) electrons. The van der Waals surface area contributed by atoms with Gasteiger partial charge < -0.3 is 0 Å². The molecule has 0 aromatic heterocycles. The third kappa shape index (κ3) is 3.68. The van der Waals surface area contributed by atoms with Gasteiger partial charge in [-0.2, -0.15) is 15.2 Å². The number of nitrogens with one attached hydrogen (secondary N) is 1. The second kappa shape index (κ2) is 6.36. The molecule has 106 valence electrons. The zero-order valence-electron chi connectivity index (χ0n) is 11.5. The molecule has 0 spiro atoms. The molecule has 0 aromatic carbocycles. The third-order valence-electron chi connectivity index (χ3n) is 3.98. The Balaban J connectivity index is 2.85. The number of hydrogen-bond acceptors (Lipinski definition) is 4. The fourth-order valence-corrected chi connectivity index (χ4v) is 4.05. The van der Waals surface area contributed by atoms with Crippen LogP contribution in [0.3, 0.4) is 0 Å². The van der Waals surface area contributed by atoms with Crippen molar-refractivity contribution >= 4 is 10.0 Å². The molecule has 19 heavy (non-hydrogen) atoms. The van der Waals surface area contributed by atoms with Crippen molar-refractivity contribution in [2.24, 2.45) is 5.92 Å². The molecular formula is C13H21N3O2S. The van der Waals surface area contributed by atoms with Crippen molar-refractivity contribution in [2.45, 2.75) is 63.2 Å². The molecule has 0 bridgehead atoms. The van der Waals surface area contributed by atoms with Crippen LogP contribution >= 0.6 is 0 Å². The van der Waals surface area contributed by atoms with Crippen LogP contribution in [0.4, 0.5) is 0 Å². The van der Waals surface area contributed by atoms with E-state index in [9.17, 15) is 13.7 Å². The maximum atomic E-state index is 12.1. The summed E-state index contributed by atoms with van der Waals surface area (Å²) in [6.07, 6.45) is 4.06. The normalized spacial score (nSPS) is 29.2. The number of sulfonamides is 1. The van der Waals surface area contributed by atoms with Gasteiger partial charge in [0.1, 0.15) is 5.54 Å². The fourth-order valence-electron chi connectivity index (χ4n) is 2.54. The Hall–Kier alpha value is -1.11. The minimum atomic E-state index is -3.75. The number of rotatable bonds is 5. The fraction of sp³-hybridized carbons (Fsp3) is 0.846. The molecule has 1 rings (SSSR count). The summed E-state index contributed by atoms with van der Waals surface area (Å²) in [5.41, 5.74) is -1.02. The number of nitriles is 2. The van der Waals surface area contributed by atoms with Gasteiger partial charge in [-0.3, -0.25) is 0 Å². The highest BCUT2D eigenvalue weighted by atomic mass is 32.2. The van der Waals surface area contributed by atoms with Crippen molar-refractivity contribution < 1.29 is 8.42 Å². The van der Waals surface area contributed by atoms with E-state index < -0.39 is 20.8 Å². The van der Waals surface area contributed by atoms with Crippen LogP contribution < -0.4 is 4.72 Å². The average molecular weight is 283 g/mol. The minimum Gasteiger partial charge on any atom is -0.211 e. The molecule has 1 aliphatic rings. The SMILES string of the molecule is CCC1CCC(C#N)(NS(=O)(=O)C(C#N)CC)CC1. The predicted molar refractivity (Wildman–Crippen MR) is 72.3 cm³/mol. The lowest BCUT2D eigenvalue weighted by Crippen LogP contribution is -2.52. The molecular weight excluding hydrogens is 262 g/mol. The Morgan fingerprint density at radius 1 is 1.32 bits per heavy atom. The number of hydrogen-bond donors (Lipinski definition) is 1. The van der Waals surface area contributed by atoms with Crippen molar-refractivity contribution in [3.8, 4) is 12.1 Å². The molecule has 0 heterocycles. The smallest absolute Gasteiger partial charge is 0.211 e. The van der Waals surface area contributed by atoms with Gasteiger partial charge in [-0.1, -0.05) is 20.3 Å².